The lowest BCUT2D eigenvalue weighted by Crippen LogP contribution is -2.38. The summed E-state index contributed by atoms with van der Waals surface area (Å²) in [5, 5.41) is 7.23. The van der Waals surface area contributed by atoms with E-state index in [4.69, 9.17) is 24.5 Å². The maximum atomic E-state index is 12.4. The summed E-state index contributed by atoms with van der Waals surface area (Å²) < 4.78 is 21.9. The number of ether oxygens (including phenoxy) is 3. The molecular weight excluding hydrogens is 502 g/mol. The summed E-state index contributed by atoms with van der Waals surface area (Å²) in [7, 11) is 0. The molecule has 1 saturated heterocycles. The highest BCUT2D eigenvalue weighted by Gasteiger charge is 2.22. The van der Waals surface area contributed by atoms with Crippen LogP contribution in [-0.2, 0) is 4.74 Å². The van der Waals surface area contributed by atoms with Crippen molar-refractivity contribution in [2.75, 3.05) is 43.1 Å². The lowest BCUT2D eigenvalue weighted by atomic mass is 10.1. The number of rotatable bonds is 9. The van der Waals surface area contributed by atoms with Crippen LogP contribution in [0.5, 0.6) is 11.5 Å². The van der Waals surface area contributed by atoms with Crippen LogP contribution in [0.1, 0.15) is 28.9 Å². The Morgan fingerprint density at radius 1 is 1.05 bits per heavy atom. The van der Waals surface area contributed by atoms with E-state index >= 15 is 0 Å². The first-order valence-corrected chi connectivity index (χ1v) is 12.4. The molecule has 5 rings (SSSR count). The zero-order valence-electron chi connectivity index (χ0n) is 21.2. The fraction of sp³-hybridized carbons (Fsp3) is 0.222. The molecule has 0 bridgehead atoms. The Labute approximate surface area is 224 Å². The van der Waals surface area contributed by atoms with Gasteiger partial charge in [-0.3, -0.25) is 0 Å². The van der Waals surface area contributed by atoms with E-state index in [-0.39, 0.29) is 17.3 Å². The number of nitrogens with two attached hydrogens (primary N) is 1. The number of esters is 1. The minimum absolute atomic E-state index is 0.0741. The molecule has 12 heteroatoms. The molecule has 200 valence electrons. The maximum absolute atomic E-state index is 12.4. The Morgan fingerprint density at radius 3 is 2.59 bits per heavy atom. The van der Waals surface area contributed by atoms with Gasteiger partial charge in [0.05, 0.1) is 26.1 Å². The highest BCUT2D eigenvalue weighted by atomic mass is 16.6. The van der Waals surface area contributed by atoms with E-state index in [2.05, 4.69) is 25.4 Å². The Morgan fingerprint density at radius 2 is 1.87 bits per heavy atom. The van der Waals surface area contributed by atoms with Crippen LogP contribution in [0.15, 0.2) is 76.4 Å². The van der Waals surface area contributed by atoms with Gasteiger partial charge in [0.15, 0.2) is 17.3 Å². The third kappa shape index (κ3) is 6.13. The van der Waals surface area contributed by atoms with E-state index in [0.717, 1.165) is 5.69 Å². The number of aromatic nitrogens is 3. The van der Waals surface area contributed by atoms with Gasteiger partial charge < -0.3 is 34.7 Å². The van der Waals surface area contributed by atoms with E-state index in [1.165, 1.54) is 12.3 Å². The Kier molecular flexibility index (Phi) is 7.93. The lowest BCUT2D eigenvalue weighted by molar-refractivity contribution is 0.0695. The van der Waals surface area contributed by atoms with Gasteiger partial charge in [0, 0.05) is 24.3 Å². The zero-order chi connectivity index (χ0) is 27.0. The highest BCUT2D eigenvalue weighted by Crippen LogP contribution is 2.30. The van der Waals surface area contributed by atoms with Crippen molar-refractivity contribution in [2.24, 2.45) is 10.9 Å². The monoisotopic (exact) mass is 529 g/mol. The van der Waals surface area contributed by atoms with Crippen LogP contribution in [0.2, 0.25) is 0 Å². The van der Waals surface area contributed by atoms with E-state index in [1.807, 2.05) is 42.2 Å². The lowest BCUT2D eigenvalue weighted by Gasteiger charge is -2.27. The van der Waals surface area contributed by atoms with Crippen LogP contribution in [0, 0.1) is 0 Å². The third-order valence-electron chi connectivity index (χ3n) is 5.73. The number of para-hydroxylation sites is 1. The smallest absolute Gasteiger partial charge is 0.379 e. The van der Waals surface area contributed by atoms with Crippen LogP contribution in [0.4, 0.5) is 17.6 Å². The Hall–Kier alpha value is -4.97. The molecule has 4 aromatic rings. The SMILES string of the molecule is CCOc1cc(/C(=N\N)c2nc(Nc3ccccc3)nc(N3CCOCC3)n2)ccc1OC(=O)c1ccco1. The van der Waals surface area contributed by atoms with Crippen molar-refractivity contribution in [3.05, 3.63) is 84.1 Å². The molecule has 12 nitrogen and oxygen atoms in total. The number of carbonyl (C=O) groups is 1. The number of benzene rings is 2. The second-order valence-electron chi connectivity index (χ2n) is 8.31. The quantitative estimate of drug-likeness (QED) is 0.108. The van der Waals surface area contributed by atoms with Crippen molar-refractivity contribution >= 4 is 29.3 Å². The fourth-order valence-corrected chi connectivity index (χ4v) is 3.90. The minimum Gasteiger partial charge on any atom is -0.490 e. The Balaban J connectivity index is 1.50. The standard InChI is InChI=1S/C27H27N7O5/c1-2-37-22-17-18(10-11-20(22)39-25(35)21-9-6-14-38-21)23(33-28)24-30-26(29-19-7-4-3-5-8-19)32-27(31-24)34-12-15-36-16-13-34/h3-11,14,17H,2,12-13,15-16,28H2,1H3,(H,29,30,31,32)/b33-23+. The second-order valence-corrected chi connectivity index (χ2v) is 8.31. The van der Waals surface area contributed by atoms with Crippen LogP contribution in [0.3, 0.4) is 0 Å². The van der Waals surface area contributed by atoms with E-state index in [9.17, 15) is 4.79 Å². The zero-order valence-corrected chi connectivity index (χ0v) is 21.2. The third-order valence-corrected chi connectivity index (χ3v) is 5.73. The second kappa shape index (κ2) is 12.0. The molecule has 0 radical (unpaired) electrons. The Bertz CT molecular complexity index is 1440. The number of nitrogens with zero attached hydrogens (tertiary/aromatic N) is 5. The van der Waals surface area contributed by atoms with Crippen LogP contribution < -0.4 is 25.5 Å². The molecule has 0 amide bonds. The molecule has 2 aromatic heterocycles. The fourth-order valence-electron chi connectivity index (χ4n) is 3.90. The van der Waals surface area contributed by atoms with Gasteiger partial charge in [0.25, 0.3) is 0 Å². The van der Waals surface area contributed by atoms with Gasteiger partial charge in [-0.05, 0) is 49.4 Å². The van der Waals surface area contributed by atoms with Crippen molar-refractivity contribution in [1.82, 2.24) is 15.0 Å². The summed E-state index contributed by atoms with van der Waals surface area (Å²) >= 11 is 0. The van der Waals surface area contributed by atoms with Crippen LogP contribution in [-0.4, -0.2) is 59.5 Å². The van der Waals surface area contributed by atoms with Gasteiger partial charge in [-0.15, -0.1) is 0 Å². The largest absolute Gasteiger partial charge is 0.490 e. The molecule has 2 aromatic carbocycles. The van der Waals surface area contributed by atoms with Crippen molar-refractivity contribution in [2.45, 2.75) is 6.92 Å². The van der Waals surface area contributed by atoms with Crippen molar-refractivity contribution < 1.29 is 23.4 Å². The molecule has 1 aliphatic heterocycles. The molecule has 1 fully saturated rings. The minimum atomic E-state index is -0.648. The molecule has 0 spiro atoms. The van der Waals surface area contributed by atoms with Gasteiger partial charge in [-0.25, -0.2) is 4.79 Å². The van der Waals surface area contributed by atoms with Gasteiger partial charge in [0.1, 0.15) is 5.71 Å². The molecule has 39 heavy (non-hydrogen) atoms. The number of furan rings is 1. The average Bonchev–Trinajstić information content (AvgIpc) is 3.51. The van der Waals surface area contributed by atoms with Crippen molar-refractivity contribution in [3.8, 4) is 11.5 Å². The number of hydrogen-bond donors (Lipinski definition) is 2. The summed E-state index contributed by atoms with van der Waals surface area (Å²) in [6.45, 7) is 4.56. The average molecular weight is 530 g/mol. The van der Waals surface area contributed by atoms with E-state index < -0.39 is 5.97 Å². The highest BCUT2D eigenvalue weighted by molar-refractivity contribution is 6.11. The summed E-state index contributed by atoms with van der Waals surface area (Å²) in [6, 6.07) is 17.7. The normalized spacial score (nSPS) is 13.7. The van der Waals surface area contributed by atoms with Gasteiger partial charge >= 0.3 is 5.97 Å². The predicted molar refractivity (Wildman–Crippen MR) is 144 cm³/mol. The number of hydrazone groups is 1. The van der Waals surface area contributed by atoms with Gasteiger partial charge in [0.2, 0.25) is 17.7 Å². The molecule has 3 N–H and O–H groups in total. The summed E-state index contributed by atoms with van der Waals surface area (Å²) in [4.78, 5) is 28.4. The summed E-state index contributed by atoms with van der Waals surface area (Å²) in [6.07, 6.45) is 1.40. The summed E-state index contributed by atoms with van der Waals surface area (Å²) in [5.74, 6) is 6.90. The predicted octanol–water partition coefficient (Wildman–Crippen LogP) is 3.37. The molecule has 3 heterocycles. The number of anilines is 3. The molecule has 1 aliphatic rings. The van der Waals surface area contributed by atoms with Gasteiger partial charge in [-0.2, -0.15) is 20.1 Å². The maximum Gasteiger partial charge on any atom is 0.379 e. The number of hydrogen-bond acceptors (Lipinski definition) is 12. The number of morpholine rings is 1. The first-order chi connectivity index (χ1) is 19.1. The first-order valence-electron chi connectivity index (χ1n) is 12.4. The van der Waals surface area contributed by atoms with E-state index in [1.54, 1.807) is 24.3 Å². The van der Waals surface area contributed by atoms with Gasteiger partial charge in [-0.1, -0.05) is 18.2 Å². The summed E-state index contributed by atoms with van der Waals surface area (Å²) in [5.41, 5.74) is 1.67. The molecule has 0 atom stereocenters. The molecular formula is C27H27N7O5. The van der Waals surface area contributed by atoms with Crippen molar-refractivity contribution in [1.29, 1.82) is 0 Å². The molecule has 0 unspecified atom stereocenters. The number of nitrogens with one attached hydrogen (secondary N) is 1. The van der Waals surface area contributed by atoms with Crippen LogP contribution in [0.25, 0.3) is 0 Å². The molecule has 0 aliphatic carbocycles. The van der Waals surface area contributed by atoms with Crippen LogP contribution >= 0.6 is 0 Å². The number of carbonyl (C=O) groups excluding carboxylic acids is 1. The van der Waals surface area contributed by atoms with E-state index in [0.29, 0.717) is 61.8 Å². The topological polar surface area (TPSA) is 150 Å². The first kappa shape index (κ1) is 25.7. The van der Waals surface area contributed by atoms with Crippen molar-refractivity contribution in [3.63, 3.8) is 0 Å². The molecule has 0 saturated carbocycles.